The van der Waals surface area contributed by atoms with Crippen molar-refractivity contribution in [2.45, 2.75) is 26.7 Å². The number of nitrogens with zero attached hydrogens (tertiary/aromatic N) is 3. The van der Waals surface area contributed by atoms with Gasteiger partial charge >= 0.3 is 5.97 Å². The number of halogens is 1. The molecule has 1 heterocycles. The third-order valence-electron chi connectivity index (χ3n) is 2.98. The molecule has 7 heteroatoms. The average Bonchev–Trinajstić information content (AvgIpc) is 2.45. The van der Waals surface area contributed by atoms with Crippen molar-refractivity contribution in [1.82, 2.24) is 14.9 Å². The van der Waals surface area contributed by atoms with Crippen LogP contribution >= 0.6 is 11.6 Å². The fraction of sp³-hybridized carbons (Fsp3) is 0.571. The summed E-state index contributed by atoms with van der Waals surface area (Å²) in [7, 11) is 2.91. The van der Waals surface area contributed by atoms with Crippen LogP contribution in [0.2, 0.25) is 5.02 Å². The molecule has 0 aliphatic rings. The zero-order chi connectivity index (χ0) is 16.2. The molecule has 1 amide bonds. The topological polar surface area (TPSA) is 72.4 Å². The highest BCUT2D eigenvalue weighted by molar-refractivity contribution is 6.33. The predicted octanol–water partition coefficient (Wildman–Crippen LogP) is 2.13. The highest BCUT2D eigenvalue weighted by Crippen LogP contribution is 2.18. The maximum atomic E-state index is 12.4. The molecule has 116 valence electrons. The average molecular weight is 314 g/mol. The quantitative estimate of drug-likeness (QED) is 0.779. The summed E-state index contributed by atoms with van der Waals surface area (Å²) in [6.45, 7) is 5.78. The van der Waals surface area contributed by atoms with Crippen molar-refractivity contribution in [3.8, 4) is 0 Å². The second-order valence-electron chi connectivity index (χ2n) is 5.19. The van der Waals surface area contributed by atoms with Crippen LogP contribution in [0.4, 0.5) is 0 Å². The largest absolute Gasteiger partial charge is 0.469 e. The van der Waals surface area contributed by atoms with E-state index in [9.17, 15) is 9.59 Å². The standard InChI is InChI=1S/C14H20ClN3O3/c1-8(2)12-16-6-10(15)11(17-12)13(19)18(4)7-9(3)14(20)21-5/h6,8-9H,7H2,1-5H3. The van der Waals surface area contributed by atoms with E-state index in [4.69, 9.17) is 11.6 Å². The lowest BCUT2D eigenvalue weighted by atomic mass is 10.1. The fourth-order valence-corrected chi connectivity index (χ4v) is 1.93. The van der Waals surface area contributed by atoms with Gasteiger partial charge in [0.15, 0.2) is 5.69 Å². The highest BCUT2D eigenvalue weighted by Gasteiger charge is 2.23. The number of rotatable bonds is 5. The molecule has 0 saturated carbocycles. The van der Waals surface area contributed by atoms with E-state index in [-0.39, 0.29) is 35.1 Å². The lowest BCUT2D eigenvalue weighted by Gasteiger charge is -2.20. The van der Waals surface area contributed by atoms with Crippen LogP contribution in [0.5, 0.6) is 0 Å². The highest BCUT2D eigenvalue weighted by atomic mass is 35.5. The molecule has 0 aliphatic carbocycles. The molecule has 1 atom stereocenters. The second-order valence-corrected chi connectivity index (χ2v) is 5.60. The predicted molar refractivity (Wildman–Crippen MR) is 79.3 cm³/mol. The van der Waals surface area contributed by atoms with Gasteiger partial charge in [-0.25, -0.2) is 9.97 Å². The molecule has 0 bridgehead atoms. The fourth-order valence-electron chi connectivity index (χ4n) is 1.76. The Morgan fingerprint density at radius 3 is 2.52 bits per heavy atom. The van der Waals surface area contributed by atoms with Crippen molar-refractivity contribution < 1.29 is 14.3 Å². The lowest BCUT2D eigenvalue weighted by Crippen LogP contribution is -2.35. The van der Waals surface area contributed by atoms with E-state index in [1.165, 1.54) is 18.2 Å². The molecule has 0 aliphatic heterocycles. The maximum absolute atomic E-state index is 12.4. The summed E-state index contributed by atoms with van der Waals surface area (Å²) in [6.07, 6.45) is 1.43. The summed E-state index contributed by atoms with van der Waals surface area (Å²) in [4.78, 5) is 33.5. The van der Waals surface area contributed by atoms with Gasteiger partial charge in [-0.05, 0) is 0 Å². The third-order valence-corrected chi connectivity index (χ3v) is 3.26. The number of hydrogen-bond donors (Lipinski definition) is 0. The molecule has 0 spiro atoms. The van der Waals surface area contributed by atoms with Crippen molar-refractivity contribution in [2.24, 2.45) is 5.92 Å². The summed E-state index contributed by atoms with van der Waals surface area (Å²) in [5.41, 5.74) is 0.148. The van der Waals surface area contributed by atoms with Gasteiger partial charge < -0.3 is 9.64 Å². The number of aromatic nitrogens is 2. The summed E-state index contributed by atoms with van der Waals surface area (Å²) in [5.74, 6) is -0.495. The molecular formula is C14H20ClN3O3. The van der Waals surface area contributed by atoms with E-state index < -0.39 is 5.92 Å². The van der Waals surface area contributed by atoms with Gasteiger partial charge in [0.2, 0.25) is 0 Å². The van der Waals surface area contributed by atoms with Gasteiger partial charge in [-0.15, -0.1) is 0 Å². The minimum atomic E-state index is -0.422. The first kappa shape index (κ1) is 17.4. The van der Waals surface area contributed by atoms with Crippen LogP contribution < -0.4 is 0 Å². The second kappa shape index (κ2) is 7.36. The summed E-state index contributed by atoms with van der Waals surface area (Å²) in [5, 5.41) is 0.196. The molecule has 1 aromatic rings. The van der Waals surface area contributed by atoms with Crippen LogP contribution in [0.25, 0.3) is 0 Å². The molecule has 1 rings (SSSR count). The molecule has 0 saturated heterocycles. The Morgan fingerprint density at radius 1 is 1.38 bits per heavy atom. The molecule has 0 fully saturated rings. The Kier molecular flexibility index (Phi) is 6.08. The minimum absolute atomic E-state index is 0.0908. The van der Waals surface area contributed by atoms with Crippen LogP contribution in [0, 0.1) is 5.92 Å². The molecule has 0 radical (unpaired) electrons. The SMILES string of the molecule is COC(=O)C(C)CN(C)C(=O)c1nc(C(C)C)ncc1Cl. The molecule has 6 nitrogen and oxygen atoms in total. The van der Waals surface area contributed by atoms with Gasteiger partial charge in [-0.1, -0.05) is 32.4 Å². The number of methoxy groups -OCH3 is 1. The Bertz CT molecular complexity index is 534. The van der Waals surface area contributed by atoms with Crippen LogP contribution in [0.1, 0.15) is 43.0 Å². The van der Waals surface area contributed by atoms with Crippen molar-refractivity contribution in [1.29, 1.82) is 0 Å². The Hall–Kier alpha value is -1.69. The number of ether oxygens (including phenoxy) is 1. The first-order chi connectivity index (χ1) is 9.77. The first-order valence-electron chi connectivity index (χ1n) is 6.63. The molecule has 1 unspecified atom stereocenters. The normalized spacial score (nSPS) is 12.1. The van der Waals surface area contributed by atoms with Crippen molar-refractivity contribution in [3.05, 3.63) is 22.7 Å². The molecule has 0 N–H and O–H groups in total. The number of carbonyl (C=O) groups excluding carboxylic acids is 2. The van der Waals surface area contributed by atoms with Crippen LogP contribution in [0.3, 0.4) is 0 Å². The maximum Gasteiger partial charge on any atom is 0.310 e. The van der Waals surface area contributed by atoms with Crippen molar-refractivity contribution in [2.75, 3.05) is 20.7 Å². The third kappa shape index (κ3) is 4.39. The van der Waals surface area contributed by atoms with Gasteiger partial charge in [-0.3, -0.25) is 9.59 Å². The monoisotopic (exact) mass is 313 g/mol. The van der Waals surface area contributed by atoms with E-state index in [0.717, 1.165) is 0 Å². The first-order valence-corrected chi connectivity index (χ1v) is 7.01. The molecular weight excluding hydrogens is 294 g/mol. The minimum Gasteiger partial charge on any atom is -0.469 e. The van der Waals surface area contributed by atoms with Crippen LogP contribution in [0.15, 0.2) is 6.20 Å². The van der Waals surface area contributed by atoms with Crippen molar-refractivity contribution >= 4 is 23.5 Å². The molecule has 1 aromatic heterocycles. The van der Waals surface area contributed by atoms with E-state index in [2.05, 4.69) is 14.7 Å². The Balaban J connectivity index is 2.92. The molecule has 21 heavy (non-hydrogen) atoms. The van der Waals surface area contributed by atoms with Crippen LogP contribution in [-0.2, 0) is 9.53 Å². The summed E-state index contributed by atoms with van der Waals surface area (Å²) in [6, 6.07) is 0. The smallest absolute Gasteiger partial charge is 0.310 e. The zero-order valence-electron chi connectivity index (χ0n) is 12.9. The lowest BCUT2D eigenvalue weighted by molar-refractivity contribution is -0.145. The number of carbonyl (C=O) groups is 2. The number of esters is 1. The summed E-state index contributed by atoms with van der Waals surface area (Å²) >= 11 is 6.00. The van der Waals surface area contributed by atoms with E-state index >= 15 is 0 Å². The van der Waals surface area contributed by atoms with E-state index in [0.29, 0.717) is 5.82 Å². The van der Waals surface area contributed by atoms with Crippen molar-refractivity contribution in [3.63, 3.8) is 0 Å². The van der Waals surface area contributed by atoms with E-state index in [1.54, 1.807) is 14.0 Å². The Labute approximate surface area is 129 Å². The van der Waals surface area contributed by atoms with Gasteiger partial charge in [0.25, 0.3) is 5.91 Å². The van der Waals surface area contributed by atoms with Gasteiger partial charge in [0.05, 0.1) is 24.2 Å². The summed E-state index contributed by atoms with van der Waals surface area (Å²) < 4.78 is 4.64. The number of hydrogen-bond acceptors (Lipinski definition) is 5. The van der Waals surface area contributed by atoms with Crippen LogP contribution in [-0.4, -0.2) is 47.4 Å². The van der Waals surface area contributed by atoms with Gasteiger partial charge in [0, 0.05) is 19.5 Å². The molecule has 0 aromatic carbocycles. The number of amides is 1. The zero-order valence-corrected chi connectivity index (χ0v) is 13.6. The van der Waals surface area contributed by atoms with Gasteiger partial charge in [-0.2, -0.15) is 0 Å². The Morgan fingerprint density at radius 2 is 2.00 bits per heavy atom. The van der Waals surface area contributed by atoms with E-state index in [1.807, 2.05) is 13.8 Å². The van der Waals surface area contributed by atoms with Gasteiger partial charge in [0.1, 0.15) is 5.82 Å².